The Morgan fingerprint density at radius 1 is 1.14 bits per heavy atom. The summed E-state index contributed by atoms with van der Waals surface area (Å²) < 4.78 is 8.90. The molecule has 0 unspecified atom stereocenters. The molecule has 0 bridgehead atoms. The molecular weight excluding hydrogens is 374 g/mol. The zero-order valence-corrected chi connectivity index (χ0v) is 16.6. The highest BCUT2D eigenvalue weighted by atomic mass is 35.5. The SMILES string of the molecule is COc1ccc(Cn2c(=O)n(C3CCCCC3)c3ccc(C#N)cc32)cc1Cl. The summed E-state index contributed by atoms with van der Waals surface area (Å²) in [6.07, 6.45) is 5.57. The van der Waals surface area contributed by atoms with Crippen molar-refractivity contribution in [1.29, 1.82) is 5.26 Å². The molecule has 3 aromatic rings. The Kier molecular flexibility index (Phi) is 5.15. The Morgan fingerprint density at radius 2 is 1.93 bits per heavy atom. The highest BCUT2D eigenvalue weighted by Gasteiger charge is 2.22. The molecule has 6 heteroatoms. The smallest absolute Gasteiger partial charge is 0.329 e. The van der Waals surface area contributed by atoms with E-state index in [-0.39, 0.29) is 11.7 Å². The number of rotatable bonds is 4. The summed E-state index contributed by atoms with van der Waals surface area (Å²) >= 11 is 6.27. The molecule has 1 fully saturated rings. The molecule has 1 heterocycles. The van der Waals surface area contributed by atoms with Crippen molar-refractivity contribution in [2.24, 2.45) is 0 Å². The molecule has 144 valence electrons. The van der Waals surface area contributed by atoms with Crippen LogP contribution in [0.2, 0.25) is 5.02 Å². The fraction of sp³-hybridized carbons (Fsp3) is 0.364. The van der Waals surface area contributed by atoms with Crippen LogP contribution in [0.15, 0.2) is 41.2 Å². The van der Waals surface area contributed by atoms with Crippen molar-refractivity contribution >= 4 is 22.6 Å². The monoisotopic (exact) mass is 395 g/mol. The van der Waals surface area contributed by atoms with E-state index in [1.165, 1.54) is 6.42 Å². The van der Waals surface area contributed by atoms with Crippen LogP contribution in [-0.4, -0.2) is 16.2 Å². The summed E-state index contributed by atoms with van der Waals surface area (Å²) in [5.41, 5.74) is 3.13. The van der Waals surface area contributed by atoms with Crippen molar-refractivity contribution in [2.45, 2.75) is 44.7 Å². The van der Waals surface area contributed by atoms with E-state index in [0.717, 1.165) is 42.3 Å². The summed E-state index contributed by atoms with van der Waals surface area (Å²) in [7, 11) is 1.58. The molecule has 5 nitrogen and oxygen atoms in total. The minimum absolute atomic E-state index is 0.0241. The van der Waals surface area contributed by atoms with E-state index in [4.69, 9.17) is 16.3 Å². The number of nitriles is 1. The van der Waals surface area contributed by atoms with Gasteiger partial charge in [-0.1, -0.05) is 36.9 Å². The first-order valence-corrected chi connectivity index (χ1v) is 9.97. The van der Waals surface area contributed by atoms with E-state index in [1.54, 1.807) is 23.8 Å². The van der Waals surface area contributed by atoms with Gasteiger partial charge in [0.05, 0.1) is 41.3 Å². The maximum absolute atomic E-state index is 13.4. The average molecular weight is 396 g/mol. The number of ether oxygens (including phenoxy) is 1. The first kappa shape index (κ1) is 18.6. The molecule has 4 rings (SSSR count). The molecule has 1 aliphatic carbocycles. The molecule has 0 radical (unpaired) electrons. The van der Waals surface area contributed by atoms with Gasteiger partial charge < -0.3 is 4.74 Å². The summed E-state index contributed by atoms with van der Waals surface area (Å²) in [6, 6.07) is 13.4. The molecule has 0 amide bonds. The third-order valence-corrected chi connectivity index (χ3v) is 5.88. The first-order chi connectivity index (χ1) is 13.6. The van der Waals surface area contributed by atoms with Crippen LogP contribution >= 0.6 is 11.6 Å². The second-order valence-electron chi connectivity index (χ2n) is 7.31. The lowest BCUT2D eigenvalue weighted by Gasteiger charge is -2.22. The van der Waals surface area contributed by atoms with Gasteiger partial charge in [0.1, 0.15) is 5.75 Å². The maximum atomic E-state index is 13.4. The second kappa shape index (κ2) is 7.73. The van der Waals surface area contributed by atoms with Crippen LogP contribution in [-0.2, 0) is 6.54 Å². The third kappa shape index (κ3) is 3.29. The van der Waals surface area contributed by atoms with Crippen LogP contribution in [0.5, 0.6) is 5.75 Å². The van der Waals surface area contributed by atoms with E-state index in [9.17, 15) is 10.1 Å². The third-order valence-electron chi connectivity index (χ3n) is 5.59. The molecule has 0 spiro atoms. The largest absolute Gasteiger partial charge is 0.495 e. The quantitative estimate of drug-likeness (QED) is 0.631. The Labute approximate surface area is 168 Å². The highest BCUT2D eigenvalue weighted by molar-refractivity contribution is 6.32. The van der Waals surface area contributed by atoms with Crippen molar-refractivity contribution in [3.05, 3.63) is 63.0 Å². The van der Waals surface area contributed by atoms with Gasteiger partial charge in [0, 0.05) is 6.04 Å². The van der Waals surface area contributed by atoms with Gasteiger partial charge in [-0.3, -0.25) is 9.13 Å². The van der Waals surface area contributed by atoms with Gasteiger partial charge in [0.2, 0.25) is 0 Å². The van der Waals surface area contributed by atoms with Crippen molar-refractivity contribution in [2.75, 3.05) is 7.11 Å². The number of halogens is 1. The Hall–Kier alpha value is -2.71. The molecule has 0 N–H and O–H groups in total. The van der Waals surface area contributed by atoms with Crippen molar-refractivity contribution in [1.82, 2.24) is 9.13 Å². The lowest BCUT2D eigenvalue weighted by atomic mass is 9.95. The second-order valence-corrected chi connectivity index (χ2v) is 7.72. The van der Waals surface area contributed by atoms with E-state index < -0.39 is 0 Å². The Balaban J connectivity index is 1.84. The van der Waals surface area contributed by atoms with Gasteiger partial charge in [-0.2, -0.15) is 5.26 Å². The van der Waals surface area contributed by atoms with Crippen LogP contribution in [0, 0.1) is 11.3 Å². The van der Waals surface area contributed by atoms with E-state index in [2.05, 4.69) is 6.07 Å². The van der Waals surface area contributed by atoms with Gasteiger partial charge in [0.15, 0.2) is 0 Å². The van der Waals surface area contributed by atoms with Gasteiger partial charge in [0.25, 0.3) is 0 Å². The van der Waals surface area contributed by atoms with E-state index in [1.807, 2.05) is 28.8 Å². The summed E-state index contributed by atoms with van der Waals surface area (Å²) in [5.74, 6) is 0.606. The predicted octanol–water partition coefficient (Wildman–Crippen LogP) is 4.89. The molecule has 0 aliphatic heterocycles. The number of hydrogen-bond acceptors (Lipinski definition) is 3. The lowest BCUT2D eigenvalue weighted by Crippen LogP contribution is -2.29. The van der Waals surface area contributed by atoms with Crippen molar-refractivity contribution in [3.63, 3.8) is 0 Å². The molecule has 0 saturated heterocycles. The fourth-order valence-corrected chi connectivity index (χ4v) is 4.47. The number of imidazole rings is 1. The van der Waals surface area contributed by atoms with Gasteiger partial charge in [-0.05, 0) is 48.7 Å². The summed E-state index contributed by atoms with van der Waals surface area (Å²) in [4.78, 5) is 13.4. The van der Waals surface area contributed by atoms with Crippen molar-refractivity contribution in [3.8, 4) is 11.8 Å². The van der Waals surface area contributed by atoms with Crippen LogP contribution in [0.4, 0.5) is 0 Å². The summed E-state index contributed by atoms with van der Waals surface area (Å²) in [5, 5.41) is 9.84. The zero-order valence-electron chi connectivity index (χ0n) is 15.8. The van der Waals surface area contributed by atoms with Crippen LogP contribution < -0.4 is 10.4 Å². The summed E-state index contributed by atoms with van der Waals surface area (Å²) in [6.45, 7) is 0.396. The zero-order chi connectivity index (χ0) is 19.7. The van der Waals surface area contributed by atoms with E-state index >= 15 is 0 Å². The molecule has 28 heavy (non-hydrogen) atoms. The number of methoxy groups -OCH3 is 1. The number of aromatic nitrogens is 2. The number of hydrogen-bond donors (Lipinski definition) is 0. The van der Waals surface area contributed by atoms with Crippen LogP contribution in [0.1, 0.15) is 49.3 Å². The lowest BCUT2D eigenvalue weighted by molar-refractivity contribution is 0.350. The highest BCUT2D eigenvalue weighted by Crippen LogP contribution is 2.31. The van der Waals surface area contributed by atoms with Gasteiger partial charge in [-0.25, -0.2) is 4.79 Å². The Bertz CT molecular complexity index is 1120. The molecule has 1 saturated carbocycles. The predicted molar refractivity (Wildman–Crippen MR) is 110 cm³/mol. The standard InChI is InChI=1S/C22H22ClN3O2/c1-28-21-10-8-16(11-18(21)23)14-25-20-12-15(13-24)7-9-19(20)26(22(25)27)17-5-3-2-4-6-17/h7-12,17H,2-6,14H2,1H3. The normalized spacial score (nSPS) is 14.9. The number of nitrogens with zero attached hydrogens (tertiary/aromatic N) is 3. The fourth-order valence-electron chi connectivity index (χ4n) is 4.18. The molecule has 1 aromatic heterocycles. The molecular formula is C22H22ClN3O2. The van der Waals surface area contributed by atoms with E-state index in [0.29, 0.717) is 22.9 Å². The minimum atomic E-state index is -0.0241. The van der Waals surface area contributed by atoms with Crippen LogP contribution in [0.3, 0.4) is 0 Å². The van der Waals surface area contributed by atoms with Crippen molar-refractivity contribution < 1.29 is 4.74 Å². The first-order valence-electron chi connectivity index (χ1n) is 9.59. The Morgan fingerprint density at radius 3 is 2.61 bits per heavy atom. The average Bonchev–Trinajstić information content (AvgIpc) is 2.99. The van der Waals surface area contributed by atoms with Gasteiger partial charge in [-0.15, -0.1) is 0 Å². The number of benzene rings is 2. The number of fused-ring (bicyclic) bond motifs is 1. The van der Waals surface area contributed by atoms with Gasteiger partial charge >= 0.3 is 5.69 Å². The maximum Gasteiger partial charge on any atom is 0.329 e. The topological polar surface area (TPSA) is 59.9 Å². The minimum Gasteiger partial charge on any atom is -0.495 e. The molecule has 1 aliphatic rings. The molecule has 0 atom stereocenters. The molecule has 2 aromatic carbocycles. The van der Waals surface area contributed by atoms with Crippen LogP contribution in [0.25, 0.3) is 11.0 Å².